The molecule has 5 heteroatoms. The largest absolute Gasteiger partial charge is 0.481 e. The second-order valence-corrected chi connectivity index (χ2v) is 10.8. The zero-order valence-corrected chi connectivity index (χ0v) is 18.5. The molecule has 4 rings (SSSR count). The van der Waals surface area contributed by atoms with Gasteiger partial charge in [-0.05, 0) is 74.3 Å². The maximum atomic E-state index is 13.0. The summed E-state index contributed by atoms with van der Waals surface area (Å²) in [7, 11) is 0. The first-order valence-electron chi connectivity index (χ1n) is 11.3. The molecule has 0 aliphatic heterocycles. The first-order chi connectivity index (χ1) is 14.0. The number of hydrogen-bond acceptors (Lipinski definition) is 4. The number of hydrogen-bond donors (Lipinski definition) is 2. The predicted molar refractivity (Wildman–Crippen MR) is 113 cm³/mol. The van der Waals surface area contributed by atoms with Crippen molar-refractivity contribution >= 4 is 17.5 Å². The van der Waals surface area contributed by atoms with E-state index >= 15 is 0 Å². The zero-order valence-electron chi connectivity index (χ0n) is 18.5. The van der Waals surface area contributed by atoms with E-state index in [4.69, 9.17) is 0 Å². The molecule has 3 saturated carbocycles. The van der Waals surface area contributed by atoms with Gasteiger partial charge < -0.3 is 10.2 Å². The van der Waals surface area contributed by atoms with Gasteiger partial charge in [-0.15, -0.1) is 0 Å². The molecule has 8 atom stereocenters. The minimum Gasteiger partial charge on any atom is -0.481 e. The van der Waals surface area contributed by atoms with Crippen LogP contribution in [0.1, 0.15) is 66.2 Å². The van der Waals surface area contributed by atoms with Crippen molar-refractivity contribution in [2.75, 3.05) is 0 Å². The van der Waals surface area contributed by atoms with Gasteiger partial charge in [-0.1, -0.05) is 32.4 Å². The number of aliphatic hydroxyl groups excluding tert-OH is 1. The lowest BCUT2D eigenvalue weighted by Crippen LogP contribution is -2.59. The Hall–Kier alpha value is -1.75. The molecule has 0 amide bonds. The van der Waals surface area contributed by atoms with Gasteiger partial charge in [0.2, 0.25) is 0 Å². The van der Waals surface area contributed by atoms with Crippen molar-refractivity contribution in [3.8, 4) is 0 Å². The second-order valence-electron chi connectivity index (χ2n) is 10.8. The van der Waals surface area contributed by atoms with E-state index in [1.165, 1.54) is 0 Å². The van der Waals surface area contributed by atoms with Crippen LogP contribution in [0.2, 0.25) is 0 Å². The van der Waals surface area contributed by atoms with Crippen LogP contribution in [0, 0.1) is 39.9 Å². The number of Topliss-reactive ketones (excluding diaryl/α,β-unsaturated/α-hetero) is 1. The third kappa shape index (κ3) is 2.73. The minimum absolute atomic E-state index is 0.0159. The van der Waals surface area contributed by atoms with Crippen LogP contribution in [0.15, 0.2) is 23.8 Å². The molecule has 164 valence electrons. The first-order valence-corrected chi connectivity index (χ1v) is 11.3. The smallest absolute Gasteiger partial charge is 0.303 e. The predicted octanol–water partition coefficient (Wildman–Crippen LogP) is 3.95. The normalized spacial score (nSPS) is 47.2. The lowest BCUT2D eigenvalue weighted by Gasteiger charge is -2.61. The van der Waals surface area contributed by atoms with Gasteiger partial charge in [0.25, 0.3) is 0 Å². The van der Waals surface area contributed by atoms with Crippen molar-refractivity contribution in [3.05, 3.63) is 23.8 Å². The topological polar surface area (TPSA) is 91.7 Å². The average molecular weight is 415 g/mol. The van der Waals surface area contributed by atoms with Crippen LogP contribution in [0.3, 0.4) is 0 Å². The molecule has 4 aliphatic rings. The fourth-order valence-electron chi connectivity index (χ4n) is 8.35. The van der Waals surface area contributed by atoms with Gasteiger partial charge in [0.15, 0.2) is 5.78 Å². The van der Waals surface area contributed by atoms with E-state index in [1.54, 1.807) is 19.1 Å². The van der Waals surface area contributed by atoms with Gasteiger partial charge in [-0.3, -0.25) is 14.4 Å². The summed E-state index contributed by atoms with van der Waals surface area (Å²) in [5, 5.41) is 20.8. The van der Waals surface area contributed by atoms with Crippen LogP contribution in [-0.2, 0) is 14.4 Å². The summed E-state index contributed by atoms with van der Waals surface area (Å²) < 4.78 is 0. The number of carbonyl (C=O) groups is 3. The molecular formula is C25H34O5. The first kappa shape index (κ1) is 21.5. The fraction of sp³-hybridized carbons (Fsp3) is 0.720. The second kappa shape index (κ2) is 6.88. The zero-order chi connectivity index (χ0) is 22.1. The molecule has 0 bridgehead atoms. The molecule has 0 radical (unpaired) electrons. The minimum atomic E-state index is -0.873. The Bertz CT molecular complexity index is 856. The third-order valence-corrected chi connectivity index (χ3v) is 9.62. The Morgan fingerprint density at radius 3 is 2.60 bits per heavy atom. The van der Waals surface area contributed by atoms with Crippen molar-refractivity contribution in [3.63, 3.8) is 0 Å². The number of carboxylic acid groups (broad SMARTS) is 1. The van der Waals surface area contributed by atoms with Crippen LogP contribution in [0.5, 0.6) is 0 Å². The van der Waals surface area contributed by atoms with Crippen molar-refractivity contribution in [1.29, 1.82) is 0 Å². The molecular weight excluding hydrogens is 380 g/mol. The van der Waals surface area contributed by atoms with Gasteiger partial charge in [-0.25, -0.2) is 0 Å². The Balaban J connectivity index is 1.76. The molecule has 0 saturated heterocycles. The van der Waals surface area contributed by atoms with E-state index in [2.05, 4.69) is 20.8 Å². The molecule has 2 N–H and O–H groups in total. The van der Waals surface area contributed by atoms with E-state index in [-0.39, 0.29) is 47.1 Å². The number of aliphatic hydroxyl groups is 1. The van der Waals surface area contributed by atoms with Crippen molar-refractivity contribution in [1.82, 2.24) is 0 Å². The summed E-state index contributed by atoms with van der Waals surface area (Å²) in [6.45, 7) is 8.06. The van der Waals surface area contributed by atoms with E-state index in [0.29, 0.717) is 19.3 Å². The number of ketones is 2. The monoisotopic (exact) mass is 414 g/mol. The highest BCUT2D eigenvalue weighted by atomic mass is 16.4. The summed E-state index contributed by atoms with van der Waals surface area (Å²) in [6.07, 6.45) is 8.16. The number of carboxylic acids is 1. The van der Waals surface area contributed by atoms with Crippen molar-refractivity contribution in [2.24, 2.45) is 39.9 Å². The highest BCUT2D eigenvalue weighted by Gasteiger charge is 2.67. The summed E-state index contributed by atoms with van der Waals surface area (Å²) in [5.74, 6) is -0.000310. The van der Waals surface area contributed by atoms with Crippen LogP contribution in [0.25, 0.3) is 0 Å². The number of allylic oxidation sites excluding steroid dienone is 4. The van der Waals surface area contributed by atoms with Gasteiger partial charge in [0, 0.05) is 23.2 Å². The van der Waals surface area contributed by atoms with Gasteiger partial charge in [0.1, 0.15) is 5.78 Å². The SMILES string of the molecule is CC(=O)[C@@]1(CCC(=O)O)CC[C@H]2[C@@H]3C[C@H](C)C4=CC(=O)C=C[C@]4(C)[C@H]3[C@@H](O)C[C@@]21C. The Labute approximate surface area is 178 Å². The van der Waals surface area contributed by atoms with Crippen molar-refractivity contribution < 1.29 is 24.6 Å². The lowest BCUT2D eigenvalue weighted by atomic mass is 9.43. The lowest BCUT2D eigenvalue weighted by molar-refractivity contribution is -0.159. The van der Waals surface area contributed by atoms with Crippen LogP contribution in [-0.4, -0.2) is 33.9 Å². The Morgan fingerprint density at radius 2 is 1.97 bits per heavy atom. The average Bonchev–Trinajstić information content (AvgIpc) is 2.94. The number of aliphatic carboxylic acids is 1. The molecule has 0 unspecified atom stereocenters. The van der Waals surface area contributed by atoms with Gasteiger partial charge >= 0.3 is 5.97 Å². The van der Waals surface area contributed by atoms with Gasteiger partial charge in [-0.2, -0.15) is 0 Å². The summed E-state index contributed by atoms with van der Waals surface area (Å²) in [4.78, 5) is 36.4. The van der Waals surface area contributed by atoms with E-state index in [1.807, 2.05) is 6.08 Å². The van der Waals surface area contributed by atoms with Crippen LogP contribution >= 0.6 is 0 Å². The summed E-state index contributed by atoms with van der Waals surface area (Å²) in [5.41, 5.74) is -0.304. The Morgan fingerprint density at radius 1 is 1.27 bits per heavy atom. The molecule has 5 nitrogen and oxygen atoms in total. The van der Waals surface area contributed by atoms with E-state index in [9.17, 15) is 24.6 Å². The van der Waals surface area contributed by atoms with Crippen molar-refractivity contribution in [2.45, 2.75) is 72.3 Å². The Kier molecular flexibility index (Phi) is 4.92. The molecule has 30 heavy (non-hydrogen) atoms. The van der Waals surface area contributed by atoms with E-state index < -0.39 is 22.9 Å². The fourth-order valence-corrected chi connectivity index (χ4v) is 8.35. The highest BCUT2D eigenvalue weighted by molar-refractivity contribution is 6.01. The number of rotatable bonds is 4. The molecule has 0 heterocycles. The maximum Gasteiger partial charge on any atom is 0.303 e. The number of fused-ring (bicyclic) bond motifs is 5. The van der Waals surface area contributed by atoms with Crippen LogP contribution < -0.4 is 0 Å². The molecule has 4 aliphatic carbocycles. The molecule has 0 aromatic carbocycles. The third-order valence-electron chi connectivity index (χ3n) is 9.62. The summed E-state index contributed by atoms with van der Waals surface area (Å²) in [6, 6.07) is 0. The van der Waals surface area contributed by atoms with E-state index in [0.717, 1.165) is 18.4 Å². The number of carbonyl (C=O) groups excluding carboxylic acids is 2. The highest BCUT2D eigenvalue weighted by Crippen LogP contribution is 2.71. The molecule has 0 spiro atoms. The molecule has 3 fully saturated rings. The standard InChI is InChI=1S/C25H34O5/c1-14-11-17-18-6-9-25(15(2)26,10-7-21(29)30)24(18,4)13-20(28)22(17)23(3)8-5-16(27)12-19(14)23/h5,8,12,14,17-18,20,22,28H,6-7,9-11,13H2,1-4H3,(H,29,30)/t14-,17-,18-,20-,22+,23-,24-,25-/m0/s1. The van der Waals surface area contributed by atoms with Crippen LogP contribution in [0.4, 0.5) is 0 Å². The molecule has 0 aromatic rings. The quantitative estimate of drug-likeness (QED) is 0.727. The summed E-state index contributed by atoms with van der Waals surface area (Å²) >= 11 is 0. The molecule has 0 aromatic heterocycles. The maximum absolute atomic E-state index is 13.0. The van der Waals surface area contributed by atoms with Gasteiger partial charge in [0.05, 0.1) is 6.10 Å².